The fourth-order valence-electron chi connectivity index (χ4n) is 3.21. The van der Waals surface area contributed by atoms with Crippen LogP contribution in [0.3, 0.4) is 0 Å². The molecule has 6 nitrogen and oxygen atoms in total. The number of sulfonamides is 1. The fourth-order valence-corrected chi connectivity index (χ4v) is 4.50. The van der Waals surface area contributed by atoms with Crippen molar-refractivity contribution in [3.8, 4) is 0 Å². The van der Waals surface area contributed by atoms with Gasteiger partial charge in [0, 0.05) is 24.5 Å². The fraction of sp³-hybridized carbons (Fsp3) is 0.350. The van der Waals surface area contributed by atoms with Crippen molar-refractivity contribution in [2.24, 2.45) is 0 Å². The summed E-state index contributed by atoms with van der Waals surface area (Å²) in [6.45, 7) is 5.37. The highest BCUT2D eigenvalue weighted by atomic mass is 32.2. The first kappa shape index (κ1) is 20.3. The van der Waals surface area contributed by atoms with Crippen LogP contribution in [0.15, 0.2) is 47.4 Å². The standard InChI is InChI=1S/C20H24FN3O3S/c1-14-13-16(24-11-5-6-12-24)9-10-18(14)22-20(25)15(2)23-28(26,27)19-8-4-3-7-17(19)21/h3-4,7-10,13,15,23H,5-6,11-12H2,1-2H3,(H,22,25)/t15-/m0/s1. The Bertz CT molecular complexity index is 972. The van der Waals surface area contributed by atoms with E-state index in [1.165, 1.54) is 31.9 Å². The second-order valence-electron chi connectivity index (χ2n) is 6.96. The number of rotatable bonds is 6. The van der Waals surface area contributed by atoms with Crippen molar-refractivity contribution >= 4 is 27.3 Å². The van der Waals surface area contributed by atoms with Crippen LogP contribution in [-0.4, -0.2) is 33.5 Å². The molecule has 1 fully saturated rings. The van der Waals surface area contributed by atoms with Crippen LogP contribution in [0.25, 0.3) is 0 Å². The topological polar surface area (TPSA) is 78.5 Å². The lowest BCUT2D eigenvalue weighted by Gasteiger charge is -2.20. The first-order chi connectivity index (χ1) is 13.3. The van der Waals surface area contributed by atoms with Gasteiger partial charge in [-0.2, -0.15) is 4.72 Å². The predicted molar refractivity (Wildman–Crippen MR) is 107 cm³/mol. The number of halogens is 1. The molecule has 2 aromatic carbocycles. The van der Waals surface area contributed by atoms with E-state index in [0.717, 1.165) is 36.5 Å². The molecule has 0 radical (unpaired) electrons. The third kappa shape index (κ3) is 4.51. The van der Waals surface area contributed by atoms with Crippen molar-refractivity contribution in [1.82, 2.24) is 4.72 Å². The Hall–Kier alpha value is -2.45. The van der Waals surface area contributed by atoms with Gasteiger partial charge in [-0.05, 0) is 62.6 Å². The van der Waals surface area contributed by atoms with Crippen molar-refractivity contribution in [3.05, 3.63) is 53.8 Å². The number of hydrogen-bond acceptors (Lipinski definition) is 4. The molecule has 3 rings (SSSR count). The van der Waals surface area contributed by atoms with Gasteiger partial charge < -0.3 is 10.2 Å². The Morgan fingerprint density at radius 3 is 2.46 bits per heavy atom. The molecular weight excluding hydrogens is 381 g/mol. The van der Waals surface area contributed by atoms with Gasteiger partial charge in [0.25, 0.3) is 0 Å². The second-order valence-corrected chi connectivity index (χ2v) is 8.64. The van der Waals surface area contributed by atoms with Crippen molar-refractivity contribution in [1.29, 1.82) is 0 Å². The van der Waals surface area contributed by atoms with E-state index in [0.29, 0.717) is 5.69 Å². The number of carbonyl (C=O) groups is 1. The largest absolute Gasteiger partial charge is 0.372 e. The smallest absolute Gasteiger partial charge is 0.244 e. The van der Waals surface area contributed by atoms with Crippen LogP contribution in [0.1, 0.15) is 25.3 Å². The van der Waals surface area contributed by atoms with Crippen LogP contribution in [-0.2, 0) is 14.8 Å². The van der Waals surface area contributed by atoms with Crippen molar-refractivity contribution in [2.45, 2.75) is 37.6 Å². The summed E-state index contributed by atoms with van der Waals surface area (Å²) >= 11 is 0. The average Bonchev–Trinajstić information content (AvgIpc) is 3.18. The van der Waals surface area contributed by atoms with Crippen LogP contribution < -0.4 is 14.9 Å². The summed E-state index contributed by atoms with van der Waals surface area (Å²) in [6, 6.07) is 9.75. The van der Waals surface area contributed by atoms with E-state index in [1.807, 2.05) is 25.1 Å². The van der Waals surface area contributed by atoms with E-state index in [2.05, 4.69) is 14.9 Å². The molecule has 0 aromatic heterocycles. The van der Waals surface area contributed by atoms with Gasteiger partial charge in [-0.15, -0.1) is 0 Å². The number of benzene rings is 2. The Morgan fingerprint density at radius 2 is 1.82 bits per heavy atom. The van der Waals surface area contributed by atoms with Gasteiger partial charge in [0.05, 0.1) is 6.04 Å². The summed E-state index contributed by atoms with van der Waals surface area (Å²) in [4.78, 5) is 14.3. The molecule has 0 unspecified atom stereocenters. The molecule has 150 valence electrons. The van der Waals surface area contributed by atoms with Gasteiger partial charge in [-0.3, -0.25) is 4.79 Å². The molecule has 0 saturated carbocycles. The maximum Gasteiger partial charge on any atom is 0.244 e. The van der Waals surface area contributed by atoms with Crippen LogP contribution in [0.5, 0.6) is 0 Å². The van der Waals surface area contributed by atoms with E-state index in [4.69, 9.17) is 0 Å². The molecule has 1 heterocycles. The Balaban J connectivity index is 1.68. The molecule has 2 aromatic rings. The lowest BCUT2D eigenvalue weighted by atomic mass is 10.1. The lowest BCUT2D eigenvalue weighted by Crippen LogP contribution is -2.41. The van der Waals surface area contributed by atoms with E-state index in [1.54, 1.807) is 0 Å². The zero-order valence-corrected chi connectivity index (χ0v) is 16.7. The first-order valence-electron chi connectivity index (χ1n) is 9.21. The number of nitrogens with one attached hydrogen (secondary N) is 2. The molecule has 0 spiro atoms. The minimum atomic E-state index is -4.15. The molecule has 1 aliphatic heterocycles. The summed E-state index contributed by atoms with van der Waals surface area (Å²) < 4.78 is 40.7. The average molecular weight is 405 g/mol. The van der Waals surface area contributed by atoms with Crippen LogP contribution >= 0.6 is 0 Å². The molecule has 28 heavy (non-hydrogen) atoms. The van der Waals surface area contributed by atoms with Gasteiger partial charge >= 0.3 is 0 Å². The SMILES string of the molecule is Cc1cc(N2CCCC2)ccc1NC(=O)[C@H](C)NS(=O)(=O)c1ccccc1F. The Kier molecular flexibility index (Phi) is 6.00. The number of carbonyl (C=O) groups excluding carboxylic acids is 1. The summed E-state index contributed by atoms with van der Waals surface area (Å²) in [5, 5.41) is 2.74. The van der Waals surface area contributed by atoms with Crippen molar-refractivity contribution in [2.75, 3.05) is 23.3 Å². The molecule has 0 aliphatic carbocycles. The Labute approximate surface area is 164 Å². The minimum absolute atomic E-state index is 0.485. The van der Waals surface area contributed by atoms with E-state index >= 15 is 0 Å². The molecule has 1 amide bonds. The molecular formula is C20H24FN3O3S. The summed E-state index contributed by atoms with van der Waals surface area (Å²) in [6.07, 6.45) is 2.36. The monoisotopic (exact) mass is 405 g/mol. The summed E-state index contributed by atoms with van der Waals surface area (Å²) in [5.41, 5.74) is 2.62. The number of aryl methyl sites for hydroxylation is 1. The molecule has 1 atom stereocenters. The zero-order chi connectivity index (χ0) is 20.3. The lowest BCUT2D eigenvalue weighted by molar-refractivity contribution is -0.117. The van der Waals surface area contributed by atoms with Gasteiger partial charge in [0.15, 0.2) is 0 Å². The number of amides is 1. The van der Waals surface area contributed by atoms with E-state index in [-0.39, 0.29) is 0 Å². The summed E-state index contributed by atoms with van der Waals surface area (Å²) in [7, 11) is -4.15. The molecule has 1 saturated heterocycles. The maximum atomic E-state index is 13.8. The quantitative estimate of drug-likeness (QED) is 0.774. The highest BCUT2D eigenvalue weighted by molar-refractivity contribution is 7.89. The second kappa shape index (κ2) is 8.28. The van der Waals surface area contributed by atoms with Gasteiger partial charge in [-0.1, -0.05) is 12.1 Å². The third-order valence-electron chi connectivity index (χ3n) is 4.79. The van der Waals surface area contributed by atoms with Gasteiger partial charge in [0.1, 0.15) is 10.7 Å². The highest BCUT2D eigenvalue weighted by Gasteiger charge is 2.25. The molecule has 2 N–H and O–H groups in total. The number of nitrogens with zero attached hydrogens (tertiary/aromatic N) is 1. The third-order valence-corrected chi connectivity index (χ3v) is 6.36. The van der Waals surface area contributed by atoms with Crippen molar-refractivity contribution in [3.63, 3.8) is 0 Å². The molecule has 8 heteroatoms. The van der Waals surface area contributed by atoms with E-state index < -0.39 is 32.7 Å². The van der Waals surface area contributed by atoms with Crippen LogP contribution in [0.2, 0.25) is 0 Å². The van der Waals surface area contributed by atoms with E-state index in [9.17, 15) is 17.6 Å². The molecule has 1 aliphatic rings. The van der Waals surface area contributed by atoms with Crippen LogP contribution in [0, 0.1) is 12.7 Å². The Morgan fingerprint density at radius 1 is 1.14 bits per heavy atom. The van der Waals surface area contributed by atoms with Gasteiger partial charge in [-0.25, -0.2) is 12.8 Å². The highest BCUT2D eigenvalue weighted by Crippen LogP contribution is 2.25. The minimum Gasteiger partial charge on any atom is -0.372 e. The van der Waals surface area contributed by atoms with Crippen molar-refractivity contribution < 1.29 is 17.6 Å². The normalized spacial score (nSPS) is 15.5. The van der Waals surface area contributed by atoms with Gasteiger partial charge in [0.2, 0.25) is 15.9 Å². The number of hydrogen-bond donors (Lipinski definition) is 2. The predicted octanol–water partition coefficient (Wildman–Crippen LogP) is 3.04. The summed E-state index contributed by atoms with van der Waals surface area (Å²) in [5.74, 6) is -1.38. The molecule has 0 bridgehead atoms. The first-order valence-corrected chi connectivity index (χ1v) is 10.7. The maximum absolute atomic E-state index is 13.8. The number of anilines is 2. The van der Waals surface area contributed by atoms with Crippen LogP contribution in [0.4, 0.5) is 15.8 Å². The zero-order valence-electron chi connectivity index (χ0n) is 15.9.